The number of nitrogens with zero attached hydrogens (tertiary/aromatic N) is 2. The highest BCUT2D eigenvalue weighted by molar-refractivity contribution is 5.98. The summed E-state index contributed by atoms with van der Waals surface area (Å²) in [7, 11) is 1.66. The predicted molar refractivity (Wildman–Crippen MR) is 99.0 cm³/mol. The molecule has 0 aliphatic carbocycles. The number of amides is 1. The van der Waals surface area contributed by atoms with Gasteiger partial charge in [0.1, 0.15) is 23.4 Å². The van der Waals surface area contributed by atoms with E-state index in [0.29, 0.717) is 12.1 Å². The Balaban J connectivity index is 1.40. The van der Waals surface area contributed by atoms with Crippen LogP contribution in [0.1, 0.15) is 34.5 Å². The van der Waals surface area contributed by atoms with E-state index in [4.69, 9.17) is 14.5 Å². The van der Waals surface area contributed by atoms with Crippen LogP contribution in [0.25, 0.3) is 0 Å². The van der Waals surface area contributed by atoms with Crippen LogP contribution in [-0.4, -0.2) is 37.2 Å². The molecule has 1 saturated heterocycles. The predicted octanol–water partition coefficient (Wildman–Crippen LogP) is 2.69. The molecule has 136 valence electrons. The third kappa shape index (κ3) is 3.19. The van der Waals surface area contributed by atoms with Crippen LogP contribution in [0.2, 0.25) is 0 Å². The molecular weight excluding hydrogens is 330 g/mol. The van der Waals surface area contributed by atoms with Gasteiger partial charge in [-0.3, -0.25) is 4.79 Å². The number of methoxy groups -OCH3 is 1. The minimum absolute atomic E-state index is 0.0197. The van der Waals surface area contributed by atoms with Crippen LogP contribution in [0.4, 0.5) is 5.82 Å². The van der Waals surface area contributed by atoms with Crippen LogP contribution in [0.3, 0.4) is 0 Å². The maximum Gasteiger partial charge on any atom is 0.253 e. The van der Waals surface area contributed by atoms with Crippen LogP contribution < -0.4 is 19.7 Å². The fraction of sp³-hybridized carbons (Fsp3) is 0.400. The lowest BCUT2D eigenvalue weighted by Crippen LogP contribution is -2.39. The molecule has 1 aromatic heterocycles. The van der Waals surface area contributed by atoms with Gasteiger partial charge in [-0.05, 0) is 42.8 Å². The molecule has 0 radical (unpaired) electrons. The average molecular weight is 353 g/mol. The van der Waals surface area contributed by atoms with E-state index >= 15 is 0 Å². The first-order valence-electron chi connectivity index (χ1n) is 8.98. The van der Waals surface area contributed by atoms with Gasteiger partial charge in [0.2, 0.25) is 0 Å². The average Bonchev–Trinajstić information content (AvgIpc) is 3.02. The summed E-state index contributed by atoms with van der Waals surface area (Å²) in [5, 5.41) is 2.84. The van der Waals surface area contributed by atoms with Crippen molar-refractivity contribution in [3.63, 3.8) is 0 Å². The van der Waals surface area contributed by atoms with E-state index in [1.807, 2.05) is 37.3 Å². The van der Waals surface area contributed by atoms with E-state index in [9.17, 15) is 4.79 Å². The molecular formula is C20H23N3O3. The summed E-state index contributed by atoms with van der Waals surface area (Å²) in [6.07, 6.45) is 2.10. The number of carbonyl (C=O) groups is 1. The van der Waals surface area contributed by atoms with Gasteiger partial charge in [0.05, 0.1) is 24.9 Å². The SMILES string of the molecule is COc1ccc(OC2CCN(c3nc4c(cc3C)C(=O)NC4)CC2)cc1. The second-order valence-corrected chi connectivity index (χ2v) is 6.79. The van der Waals surface area contributed by atoms with E-state index in [-0.39, 0.29) is 12.0 Å². The Morgan fingerprint density at radius 1 is 1.15 bits per heavy atom. The molecule has 1 amide bonds. The fourth-order valence-electron chi connectivity index (χ4n) is 3.58. The molecule has 0 saturated carbocycles. The molecule has 6 nitrogen and oxygen atoms in total. The summed E-state index contributed by atoms with van der Waals surface area (Å²) in [6.45, 7) is 4.34. The molecule has 0 unspecified atom stereocenters. The van der Waals surface area contributed by atoms with Crippen LogP contribution in [0.5, 0.6) is 11.5 Å². The number of aryl methyl sites for hydroxylation is 1. The monoisotopic (exact) mass is 353 g/mol. The van der Waals surface area contributed by atoms with Crippen molar-refractivity contribution in [1.82, 2.24) is 10.3 Å². The second kappa shape index (κ2) is 6.86. The number of anilines is 1. The normalized spacial score (nSPS) is 17.0. The Bertz CT molecular complexity index is 812. The molecule has 6 heteroatoms. The second-order valence-electron chi connectivity index (χ2n) is 6.79. The molecule has 3 heterocycles. The van der Waals surface area contributed by atoms with Crippen molar-refractivity contribution < 1.29 is 14.3 Å². The number of nitrogens with one attached hydrogen (secondary N) is 1. The van der Waals surface area contributed by atoms with Crippen molar-refractivity contribution in [2.24, 2.45) is 0 Å². The van der Waals surface area contributed by atoms with Gasteiger partial charge in [0, 0.05) is 25.9 Å². The smallest absolute Gasteiger partial charge is 0.253 e. The van der Waals surface area contributed by atoms with Gasteiger partial charge in [0.15, 0.2) is 0 Å². The number of carbonyl (C=O) groups excluding carboxylic acids is 1. The molecule has 2 aromatic rings. The summed E-state index contributed by atoms with van der Waals surface area (Å²) < 4.78 is 11.3. The molecule has 2 aliphatic rings. The lowest BCUT2D eigenvalue weighted by Gasteiger charge is -2.34. The lowest BCUT2D eigenvalue weighted by atomic mass is 10.1. The maximum atomic E-state index is 11.8. The van der Waals surface area contributed by atoms with Crippen molar-refractivity contribution in [3.05, 3.63) is 47.2 Å². The fourth-order valence-corrected chi connectivity index (χ4v) is 3.58. The lowest BCUT2D eigenvalue weighted by molar-refractivity contribution is 0.0965. The molecule has 1 N–H and O–H groups in total. The van der Waals surface area contributed by atoms with Crippen LogP contribution in [0, 0.1) is 6.92 Å². The van der Waals surface area contributed by atoms with Crippen molar-refractivity contribution in [2.45, 2.75) is 32.4 Å². The zero-order valence-electron chi connectivity index (χ0n) is 15.1. The molecule has 0 atom stereocenters. The van der Waals surface area contributed by atoms with E-state index < -0.39 is 0 Å². The van der Waals surface area contributed by atoms with Crippen LogP contribution in [0.15, 0.2) is 30.3 Å². The highest BCUT2D eigenvalue weighted by atomic mass is 16.5. The number of pyridine rings is 1. The third-order valence-electron chi connectivity index (χ3n) is 5.03. The third-order valence-corrected chi connectivity index (χ3v) is 5.03. The number of aromatic nitrogens is 1. The molecule has 1 fully saturated rings. The Morgan fingerprint density at radius 2 is 1.85 bits per heavy atom. The number of fused-ring (bicyclic) bond motifs is 1. The zero-order valence-corrected chi connectivity index (χ0v) is 15.1. The molecule has 0 bridgehead atoms. The topological polar surface area (TPSA) is 63.7 Å². The number of ether oxygens (including phenoxy) is 2. The summed E-state index contributed by atoms with van der Waals surface area (Å²) in [5.41, 5.74) is 2.62. The van der Waals surface area contributed by atoms with Gasteiger partial charge in [0.25, 0.3) is 5.91 Å². The highest BCUT2D eigenvalue weighted by Crippen LogP contribution is 2.27. The van der Waals surface area contributed by atoms with E-state index in [2.05, 4.69) is 10.2 Å². The van der Waals surface area contributed by atoms with Gasteiger partial charge in [-0.15, -0.1) is 0 Å². The van der Waals surface area contributed by atoms with E-state index in [1.165, 1.54) is 0 Å². The first-order valence-corrected chi connectivity index (χ1v) is 8.98. The minimum atomic E-state index is -0.0197. The number of piperidine rings is 1. The van der Waals surface area contributed by atoms with Gasteiger partial charge >= 0.3 is 0 Å². The van der Waals surface area contributed by atoms with E-state index in [0.717, 1.165) is 54.5 Å². The Labute approximate surface area is 153 Å². The standard InChI is InChI=1S/C20H23N3O3/c1-13-11-17-18(12-21-20(17)24)22-19(13)23-9-7-16(8-10-23)26-15-5-3-14(25-2)4-6-15/h3-6,11,16H,7-10,12H2,1-2H3,(H,21,24). The summed E-state index contributed by atoms with van der Waals surface area (Å²) in [5.74, 6) is 2.68. The highest BCUT2D eigenvalue weighted by Gasteiger charge is 2.26. The molecule has 0 spiro atoms. The van der Waals surface area contributed by atoms with Crippen LogP contribution in [-0.2, 0) is 6.54 Å². The molecule has 2 aliphatic heterocycles. The first kappa shape index (κ1) is 16.7. The minimum Gasteiger partial charge on any atom is -0.497 e. The van der Waals surface area contributed by atoms with Crippen LogP contribution >= 0.6 is 0 Å². The Kier molecular flexibility index (Phi) is 4.41. The van der Waals surface area contributed by atoms with Gasteiger partial charge in [-0.25, -0.2) is 4.98 Å². The number of benzene rings is 1. The van der Waals surface area contributed by atoms with Crippen molar-refractivity contribution in [2.75, 3.05) is 25.1 Å². The largest absolute Gasteiger partial charge is 0.497 e. The summed E-state index contributed by atoms with van der Waals surface area (Å²) in [6, 6.07) is 9.68. The number of rotatable bonds is 4. The van der Waals surface area contributed by atoms with E-state index in [1.54, 1.807) is 7.11 Å². The summed E-state index contributed by atoms with van der Waals surface area (Å²) in [4.78, 5) is 18.8. The maximum absolute atomic E-state index is 11.8. The van der Waals surface area contributed by atoms with Crippen molar-refractivity contribution in [1.29, 1.82) is 0 Å². The van der Waals surface area contributed by atoms with Crippen molar-refractivity contribution in [3.8, 4) is 11.5 Å². The van der Waals surface area contributed by atoms with Gasteiger partial charge in [-0.2, -0.15) is 0 Å². The quantitative estimate of drug-likeness (QED) is 0.916. The summed E-state index contributed by atoms with van der Waals surface area (Å²) >= 11 is 0. The Morgan fingerprint density at radius 3 is 2.54 bits per heavy atom. The van der Waals surface area contributed by atoms with Gasteiger partial charge < -0.3 is 19.7 Å². The van der Waals surface area contributed by atoms with Crippen molar-refractivity contribution >= 4 is 11.7 Å². The molecule has 1 aromatic carbocycles. The molecule has 4 rings (SSSR count). The number of hydrogen-bond acceptors (Lipinski definition) is 5. The first-order chi connectivity index (χ1) is 12.6. The molecule has 26 heavy (non-hydrogen) atoms. The number of hydrogen-bond donors (Lipinski definition) is 1. The zero-order chi connectivity index (χ0) is 18.1. The Hall–Kier alpha value is -2.76. The van der Waals surface area contributed by atoms with Gasteiger partial charge in [-0.1, -0.05) is 0 Å².